The Labute approximate surface area is 168 Å². The molecule has 7 N–H and O–H groups in total. The largest absolute Gasteiger partial charge is 0.573 e. The van der Waals surface area contributed by atoms with E-state index in [0.29, 0.717) is 11.4 Å². The molecule has 0 radical (unpaired) electrons. The molecule has 0 aliphatic heterocycles. The number of aliphatic imine (C=N–C) groups is 2. The molecule has 2 rings (SSSR count). The monoisotopic (exact) mass is 426 g/mol. The molecule has 0 aromatic heterocycles. The number of hydrogen-bond acceptors (Lipinski definition) is 4. The molecule has 154 valence electrons. The van der Waals surface area contributed by atoms with Crippen LogP contribution in [-0.4, -0.2) is 29.9 Å². The number of nitrogens with zero attached hydrogens (tertiary/aromatic N) is 2. The van der Waals surface area contributed by atoms with Gasteiger partial charge in [-0.15, -0.1) is 24.9 Å². The van der Waals surface area contributed by atoms with Crippen LogP contribution in [0.5, 0.6) is 5.75 Å². The van der Waals surface area contributed by atoms with Crippen LogP contribution in [0.3, 0.4) is 0 Å². The molecule has 0 aliphatic carbocycles. The number of nitrogens with one attached hydrogen (secondary N) is 1. The van der Waals surface area contributed by atoms with E-state index in [9.17, 15) is 18.0 Å². The number of halogens is 3. The smallest absolute Gasteiger partial charge is 0.406 e. The second-order valence-corrected chi connectivity index (χ2v) is 6.46. The highest BCUT2D eigenvalue weighted by Gasteiger charge is 2.30. The number of carbonyl (C=O) groups excluding carboxylic acids is 1. The highest BCUT2D eigenvalue weighted by atomic mass is 32.2. The maximum atomic E-state index is 12.1. The summed E-state index contributed by atoms with van der Waals surface area (Å²) in [7, 11) is 0. The number of benzene rings is 2. The molecule has 29 heavy (non-hydrogen) atoms. The van der Waals surface area contributed by atoms with Crippen LogP contribution in [0, 0.1) is 0 Å². The minimum absolute atomic E-state index is 0.0866. The van der Waals surface area contributed by atoms with Crippen LogP contribution >= 0.6 is 11.8 Å². The normalized spacial score (nSPS) is 11.6. The lowest BCUT2D eigenvalue weighted by Crippen LogP contribution is -2.26. The summed E-state index contributed by atoms with van der Waals surface area (Å²) >= 11 is 1.26. The Bertz CT molecular complexity index is 895. The molecule has 0 atom stereocenters. The zero-order valence-electron chi connectivity index (χ0n) is 14.8. The zero-order valence-corrected chi connectivity index (χ0v) is 15.6. The van der Waals surface area contributed by atoms with Gasteiger partial charge in [-0.05, 0) is 48.5 Å². The summed E-state index contributed by atoms with van der Waals surface area (Å²) in [6.45, 7) is 0. The quantitative estimate of drug-likeness (QED) is 0.318. The van der Waals surface area contributed by atoms with Gasteiger partial charge in [0.15, 0.2) is 5.96 Å². The van der Waals surface area contributed by atoms with Crippen LogP contribution < -0.4 is 27.3 Å². The maximum absolute atomic E-state index is 12.1. The van der Waals surface area contributed by atoms with E-state index in [0.717, 1.165) is 17.0 Å². The molecule has 0 fully saturated rings. The summed E-state index contributed by atoms with van der Waals surface area (Å²) in [4.78, 5) is 20.4. The number of anilines is 1. The van der Waals surface area contributed by atoms with Crippen molar-refractivity contribution in [3.8, 4) is 5.75 Å². The van der Waals surface area contributed by atoms with E-state index in [-0.39, 0.29) is 29.3 Å². The molecule has 2 aromatic carbocycles. The second-order valence-electron chi connectivity index (χ2n) is 5.41. The SMILES string of the molecule is NC(N)=NC(N)=Nc1ccc(SCC(=O)Nc2ccc(OC(F)(F)F)cc2)cc1. The Hall–Kier alpha value is -3.41. The van der Waals surface area contributed by atoms with Crippen molar-refractivity contribution >= 4 is 41.0 Å². The molecule has 12 heteroatoms. The lowest BCUT2D eigenvalue weighted by molar-refractivity contribution is -0.274. The topological polar surface area (TPSA) is 141 Å². The summed E-state index contributed by atoms with van der Waals surface area (Å²) in [5, 5.41) is 2.58. The Morgan fingerprint density at radius 2 is 1.66 bits per heavy atom. The van der Waals surface area contributed by atoms with E-state index >= 15 is 0 Å². The first-order valence-electron chi connectivity index (χ1n) is 7.93. The highest BCUT2D eigenvalue weighted by Crippen LogP contribution is 2.25. The van der Waals surface area contributed by atoms with Crippen molar-refractivity contribution in [3.63, 3.8) is 0 Å². The molecule has 8 nitrogen and oxygen atoms in total. The van der Waals surface area contributed by atoms with Crippen LogP contribution in [0.1, 0.15) is 0 Å². The molecule has 0 aliphatic rings. The van der Waals surface area contributed by atoms with Crippen LogP contribution in [0.15, 0.2) is 63.4 Å². The van der Waals surface area contributed by atoms with Gasteiger partial charge in [0.2, 0.25) is 11.9 Å². The molecule has 0 heterocycles. The molecule has 2 aromatic rings. The molecule has 0 bridgehead atoms. The second kappa shape index (κ2) is 9.68. The third-order valence-electron chi connectivity index (χ3n) is 3.07. The highest BCUT2D eigenvalue weighted by molar-refractivity contribution is 8.00. The van der Waals surface area contributed by atoms with Crippen molar-refractivity contribution in [2.75, 3.05) is 11.1 Å². The van der Waals surface area contributed by atoms with Crippen molar-refractivity contribution in [1.29, 1.82) is 0 Å². The van der Waals surface area contributed by atoms with Crippen molar-refractivity contribution < 1.29 is 22.7 Å². The summed E-state index contributed by atoms with van der Waals surface area (Å²) < 4.78 is 40.1. The van der Waals surface area contributed by atoms with E-state index in [1.54, 1.807) is 24.3 Å². The summed E-state index contributed by atoms with van der Waals surface area (Å²) in [6.07, 6.45) is -4.76. The zero-order chi connectivity index (χ0) is 21.4. The Kier molecular flexibility index (Phi) is 7.31. The third kappa shape index (κ3) is 8.43. The summed E-state index contributed by atoms with van der Waals surface area (Å²) in [6, 6.07) is 11.7. The fraction of sp³-hybridized carbons (Fsp3) is 0.118. The van der Waals surface area contributed by atoms with Crippen molar-refractivity contribution in [3.05, 3.63) is 48.5 Å². The van der Waals surface area contributed by atoms with E-state index in [4.69, 9.17) is 17.2 Å². The lowest BCUT2D eigenvalue weighted by Gasteiger charge is -2.10. The predicted octanol–water partition coefficient (Wildman–Crippen LogP) is 2.54. The average Bonchev–Trinajstić information content (AvgIpc) is 2.61. The fourth-order valence-corrected chi connectivity index (χ4v) is 2.69. The minimum atomic E-state index is -4.76. The van der Waals surface area contributed by atoms with Crippen molar-refractivity contribution in [2.45, 2.75) is 11.3 Å². The average molecular weight is 426 g/mol. The van der Waals surface area contributed by atoms with Crippen molar-refractivity contribution in [1.82, 2.24) is 0 Å². The van der Waals surface area contributed by atoms with Gasteiger partial charge in [0.05, 0.1) is 11.4 Å². The van der Waals surface area contributed by atoms with Crippen LogP contribution in [-0.2, 0) is 4.79 Å². The number of ether oxygens (including phenoxy) is 1. The number of thioether (sulfide) groups is 1. The van der Waals surface area contributed by atoms with Crippen LogP contribution in [0.25, 0.3) is 0 Å². The standard InChI is InChI=1S/C17H17F3N6O2S/c18-17(19,20)28-12-5-1-10(2-6-12)24-14(27)9-29-13-7-3-11(4-8-13)25-16(23)26-15(21)22/h1-8H,9H2,(H,24,27)(H6,21,22,23,25,26). The molecule has 0 spiro atoms. The van der Waals surface area contributed by atoms with Gasteiger partial charge in [-0.2, -0.15) is 4.99 Å². The number of nitrogens with two attached hydrogens (primary N) is 3. The summed E-state index contributed by atoms with van der Waals surface area (Å²) in [5.74, 6) is -0.880. The van der Waals surface area contributed by atoms with Crippen LogP contribution in [0.2, 0.25) is 0 Å². The number of rotatable bonds is 6. The Morgan fingerprint density at radius 1 is 1.03 bits per heavy atom. The van der Waals surface area contributed by atoms with E-state index < -0.39 is 6.36 Å². The molecular weight excluding hydrogens is 409 g/mol. The fourth-order valence-electron chi connectivity index (χ4n) is 1.99. The van der Waals surface area contributed by atoms with Gasteiger partial charge < -0.3 is 27.3 Å². The molecule has 0 unspecified atom stereocenters. The number of hydrogen-bond donors (Lipinski definition) is 4. The lowest BCUT2D eigenvalue weighted by atomic mass is 10.3. The first-order chi connectivity index (χ1) is 13.6. The molecule has 0 saturated carbocycles. The Morgan fingerprint density at radius 3 is 2.21 bits per heavy atom. The molecule has 0 saturated heterocycles. The van der Waals surface area contributed by atoms with Gasteiger partial charge in [0.25, 0.3) is 0 Å². The molecular formula is C17H17F3N6O2S. The first-order valence-corrected chi connectivity index (χ1v) is 8.91. The maximum Gasteiger partial charge on any atom is 0.573 e. The minimum Gasteiger partial charge on any atom is -0.406 e. The predicted molar refractivity (Wildman–Crippen MR) is 106 cm³/mol. The van der Waals surface area contributed by atoms with Gasteiger partial charge >= 0.3 is 6.36 Å². The molecule has 1 amide bonds. The van der Waals surface area contributed by atoms with Gasteiger partial charge in [-0.25, -0.2) is 4.99 Å². The third-order valence-corrected chi connectivity index (χ3v) is 4.08. The number of carbonyl (C=O) groups is 1. The summed E-state index contributed by atoms with van der Waals surface area (Å²) in [5.41, 5.74) is 16.8. The van der Waals surface area contributed by atoms with Gasteiger partial charge in [0, 0.05) is 10.6 Å². The van der Waals surface area contributed by atoms with Gasteiger partial charge in [-0.3, -0.25) is 4.79 Å². The van der Waals surface area contributed by atoms with E-state index in [1.165, 1.54) is 23.9 Å². The Balaban J connectivity index is 1.85. The van der Waals surface area contributed by atoms with Gasteiger partial charge in [-0.1, -0.05) is 0 Å². The number of amides is 1. The first kappa shape index (κ1) is 21.9. The number of alkyl halides is 3. The van der Waals surface area contributed by atoms with E-state index in [2.05, 4.69) is 20.0 Å². The van der Waals surface area contributed by atoms with Crippen molar-refractivity contribution in [2.24, 2.45) is 27.2 Å². The number of guanidine groups is 2. The van der Waals surface area contributed by atoms with E-state index in [1.807, 2.05) is 0 Å². The van der Waals surface area contributed by atoms with Gasteiger partial charge in [0.1, 0.15) is 5.75 Å². The van der Waals surface area contributed by atoms with Crippen LogP contribution in [0.4, 0.5) is 24.5 Å².